The Kier molecular flexibility index (Phi) is 7.99. The average molecular weight is 308 g/mol. The monoisotopic (exact) mass is 308 g/mol. The normalized spacial score (nSPS) is 13.2. The van der Waals surface area contributed by atoms with Gasteiger partial charge in [0.15, 0.2) is 0 Å². The van der Waals surface area contributed by atoms with Crippen molar-refractivity contribution in [2.75, 3.05) is 6.54 Å². The van der Waals surface area contributed by atoms with Crippen molar-refractivity contribution in [1.29, 1.82) is 0 Å². The quantitative estimate of drug-likeness (QED) is 0.650. The van der Waals surface area contributed by atoms with E-state index < -0.39 is 18.1 Å². The van der Waals surface area contributed by atoms with Gasteiger partial charge in [0, 0.05) is 12.6 Å². The molecular weight excluding hydrogens is 284 g/mol. The van der Waals surface area contributed by atoms with Crippen LogP contribution in [0.3, 0.4) is 0 Å². The van der Waals surface area contributed by atoms with Gasteiger partial charge in [-0.2, -0.15) is 0 Å². The smallest absolute Gasteiger partial charge is 0.407 e. The van der Waals surface area contributed by atoms with Gasteiger partial charge in [-0.05, 0) is 18.4 Å². The molecule has 1 amide bonds. The molecule has 1 aromatic rings. The van der Waals surface area contributed by atoms with Crippen molar-refractivity contribution in [3.8, 4) is 0 Å². The number of carbonyl (C=O) groups excluding carboxylic acids is 1. The lowest BCUT2D eigenvalue weighted by molar-refractivity contribution is -0.139. The van der Waals surface area contributed by atoms with E-state index in [1.54, 1.807) is 6.92 Å². The number of carboxylic acids is 1. The van der Waals surface area contributed by atoms with Gasteiger partial charge < -0.3 is 20.5 Å². The second-order valence-electron chi connectivity index (χ2n) is 5.02. The number of alkyl carbamates (subject to hydrolysis) is 1. The fourth-order valence-corrected chi connectivity index (χ4v) is 1.92. The van der Waals surface area contributed by atoms with Gasteiger partial charge in [0.2, 0.25) is 0 Å². The van der Waals surface area contributed by atoms with Gasteiger partial charge in [-0.25, -0.2) is 4.79 Å². The van der Waals surface area contributed by atoms with E-state index in [0.29, 0.717) is 19.4 Å². The highest BCUT2D eigenvalue weighted by Gasteiger charge is 2.17. The Labute approximate surface area is 130 Å². The minimum Gasteiger partial charge on any atom is -0.480 e. The van der Waals surface area contributed by atoms with Crippen molar-refractivity contribution in [2.24, 2.45) is 0 Å². The summed E-state index contributed by atoms with van der Waals surface area (Å²) in [7, 11) is 0. The van der Waals surface area contributed by atoms with E-state index >= 15 is 0 Å². The summed E-state index contributed by atoms with van der Waals surface area (Å²) in [6, 6.07) is 8.65. The number of amides is 1. The van der Waals surface area contributed by atoms with Gasteiger partial charge in [0.05, 0.1) is 0 Å². The predicted octanol–water partition coefficient (Wildman–Crippen LogP) is 2.14. The lowest BCUT2D eigenvalue weighted by Crippen LogP contribution is -2.46. The molecule has 0 fully saturated rings. The summed E-state index contributed by atoms with van der Waals surface area (Å²) in [5.74, 6) is -0.885. The first-order valence-corrected chi connectivity index (χ1v) is 7.50. The van der Waals surface area contributed by atoms with Gasteiger partial charge in [-0.3, -0.25) is 4.79 Å². The molecule has 0 radical (unpaired) electrons. The molecule has 6 heteroatoms. The Morgan fingerprint density at radius 3 is 2.41 bits per heavy atom. The predicted molar refractivity (Wildman–Crippen MR) is 83.6 cm³/mol. The third-order valence-corrected chi connectivity index (χ3v) is 3.34. The number of nitrogens with one attached hydrogen (secondary N) is 2. The van der Waals surface area contributed by atoms with E-state index in [1.807, 2.05) is 37.3 Å². The molecule has 0 aliphatic carbocycles. The first-order chi connectivity index (χ1) is 10.6. The molecule has 0 aliphatic rings. The van der Waals surface area contributed by atoms with Crippen molar-refractivity contribution >= 4 is 12.1 Å². The van der Waals surface area contributed by atoms with Crippen LogP contribution in [-0.2, 0) is 16.1 Å². The third-order valence-electron chi connectivity index (χ3n) is 3.34. The Morgan fingerprint density at radius 2 is 1.86 bits per heavy atom. The number of hydrogen-bond acceptors (Lipinski definition) is 4. The van der Waals surface area contributed by atoms with Crippen LogP contribution in [0.5, 0.6) is 0 Å². The molecule has 2 atom stereocenters. The summed E-state index contributed by atoms with van der Waals surface area (Å²) in [6.45, 7) is 4.32. The molecule has 6 nitrogen and oxygen atoms in total. The summed E-state index contributed by atoms with van der Waals surface area (Å²) in [6.07, 6.45) is 0.675. The molecule has 0 spiro atoms. The Bertz CT molecular complexity index is 464. The third kappa shape index (κ3) is 6.58. The van der Waals surface area contributed by atoms with Crippen LogP contribution in [-0.4, -0.2) is 35.8 Å². The summed E-state index contributed by atoms with van der Waals surface area (Å²) >= 11 is 0. The minimum atomic E-state index is -0.885. The van der Waals surface area contributed by atoms with E-state index in [0.717, 1.165) is 5.56 Å². The lowest BCUT2D eigenvalue weighted by Gasteiger charge is -2.20. The molecule has 0 saturated heterocycles. The van der Waals surface area contributed by atoms with Crippen LogP contribution in [0.4, 0.5) is 4.79 Å². The molecule has 0 bridgehead atoms. The summed E-state index contributed by atoms with van der Waals surface area (Å²) < 4.78 is 5.15. The van der Waals surface area contributed by atoms with E-state index in [2.05, 4.69) is 10.6 Å². The van der Waals surface area contributed by atoms with E-state index in [4.69, 9.17) is 9.84 Å². The van der Waals surface area contributed by atoms with E-state index in [-0.39, 0.29) is 12.6 Å². The van der Waals surface area contributed by atoms with Gasteiger partial charge in [0.1, 0.15) is 12.6 Å². The van der Waals surface area contributed by atoms with Crippen LogP contribution < -0.4 is 10.6 Å². The molecule has 1 aromatic carbocycles. The molecule has 0 heterocycles. The molecule has 2 unspecified atom stereocenters. The number of carboxylic acid groups (broad SMARTS) is 1. The summed E-state index contributed by atoms with van der Waals surface area (Å²) in [4.78, 5) is 22.7. The topological polar surface area (TPSA) is 87.7 Å². The average Bonchev–Trinajstić information content (AvgIpc) is 2.53. The first kappa shape index (κ1) is 18.0. The molecule has 0 aromatic heterocycles. The van der Waals surface area contributed by atoms with Gasteiger partial charge >= 0.3 is 12.1 Å². The van der Waals surface area contributed by atoms with E-state index in [1.165, 1.54) is 0 Å². The van der Waals surface area contributed by atoms with Crippen molar-refractivity contribution in [1.82, 2.24) is 10.6 Å². The Balaban J connectivity index is 2.35. The highest BCUT2D eigenvalue weighted by Crippen LogP contribution is 2.01. The van der Waals surface area contributed by atoms with E-state index in [9.17, 15) is 9.59 Å². The first-order valence-electron chi connectivity index (χ1n) is 7.50. The Morgan fingerprint density at radius 1 is 1.18 bits per heavy atom. The fraction of sp³-hybridized carbons (Fsp3) is 0.500. The van der Waals surface area contributed by atoms with Crippen LogP contribution in [0.25, 0.3) is 0 Å². The SMILES string of the molecule is CCC(CNC(CC)C(=O)O)NC(=O)OCc1ccccc1. The van der Waals surface area contributed by atoms with Crippen LogP contribution >= 0.6 is 0 Å². The highest BCUT2D eigenvalue weighted by atomic mass is 16.5. The van der Waals surface area contributed by atoms with Crippen LogP contribution in [0.1, 0.15) is 32.3 Å². The fourth-order valence-electron chi connectivity index (χ4n) is 1.92. The number of benzene rings is 1. The largest absolute Gasteiger partial charge is 0.480 e. The van der Waals surface area contributed by atoms with Crippen LogP contribution in [0.2, 0.25) is 0 Å². The lowest BCUT2D eigenvalue weighted by atomic mass is 10.2. The van der Waals surface area contributed by atoms with Gasteiger partial charge in [-0.15, -0.1) is 0 Å². The molecular formula is C16H24N2O4. The van der Waals surface area contributed by atoms with Crippen molar-refractivity contribution in [3.63, 3.8) is 0 Å². The minimum absolute atomic E-state index is 0.170. The number of carbonyl (C=O) groups is 2. The maximum absolute atomic E-state index is 11.8. The van der Waals surface area contributed by atoms with Crippen molar-refractivity contribution in [2.45, 2.75) is 45.4 Å². The van der Waals surface area contributed by atoms with Crippen molar-refractivity contribution in [3.05, 3.63) is 35.9 Å². The standard InChI is InChI=1S/C16H24N2O4/c1-3-13(10-17-14(4-2)15(19)20)18-16(21)22-11-12-8-6-5-7-9-12/h5-9,13-14,17H,3-4,10-11H2,1-2H3,(H,18,21)(H,19,20). The molecule has 122 valence electrons. The number of aliphatic carboxylic acids is 1. The zero-order valence-electron chi connectivity index (χ0n) is 13.0. The van der Waals surface area contributed by atoms with Crippen molar-refractivity contribution < 1.29 is 19.4 Å². The van der Waals surface area contributed by atoms with Crippen LogP contribution in [0, 0.1) is 0 Å². The van der Waals surface area contributed by atoms with Crippen LogP contribution in [0.15, 0.2) is 30.3 Å². The number of rotatable bonds is 9. The number of hydrogen-bond donors (Lipinski definition) is 3. The molecule has 3 N–H and O–H groups in total. The Hall–Kier alpha value is -2.08. The summed E-state index contributed by atoms with van der Waals surface area (Å²) in [5, 5.41) is 14.6. The number of ether oxygens (including phenoxy) is 1. The molecule has 0 aliphatic heterocycles. The second kappa shape index (κ2) is 9.78. The second-order valence-corrected chi connectivity index (χ2v) is 5.02. The van der Waals surface area contributed by atoms with Gasteiger partial charge in [0.25, 0.3) is 0 Å². The zero-order valence-corrected chi connectivity index (χ0v) is 13.0. The maximum atomic E-state index is 11.8. The molecule has 22 heavy (non-hydrogen) atoms. The van der Waals surface area contributed by atoms with Gasteiger partial charge in [-0.1, -0.05) is 44.2 Å². The maximum Gasteiger partial charge on any atom is 0.407 e. The highest BCUT2D eigenvalue weighted by molar-refractivity contribution is 5.73. The summed E-state index contributed by atoms with van der Waals surface area (Å²) in [5.41, 5.74) is 0.917. The zero-order chi connectivity index (χ0) is 16.4. The molecule has 0 saturated carbocycles. The molecule has 1 rings (SSSR count).